The van der Waals surface area contributed by atoms with Crippen LogP contribution in [0.3, 0.4) is 0 Å². The van der Waals surface area contributed by atoms with Crippen LogP contribution < -0.4 is 10.5 Å². The van der Waals surface area contributed by atoms with E-state index in [1.165, 1.54) is 24.4 Å². The first-order chi connectivity index (χ1) is 9.70. The molecule has 2 rings (SSSR count). The predicted octanol–water partition coefficient (Wildman–Crippen LogP) is 4.19. The summed E-state index contributed by atoms with van der Waals surface area (Å²) in [6.45, 7) is 0. The highest BCUT2D eigenvalue weighted by molar-refractivity contribution is 9.10. The average Bonchev–Trinajstić information content (AvgIpc) is 2.31. The Kier molecular flexibility index (Phi) is 4.89. The van der Waals surface area contributed by atoms with Gasteiger partial charge < -0.3 is 5.73 Å². The maximum Gasteiger partial charge on any atom is 0.264 e. The first-order valence-electron chi connectivity index (χ1n) is 5.29. The summed E-state index contributed by atoms with van der Waals surface area (Å²) in [6.07, 6.45) is 1.43. The molecule has 0 aliphatic heterocycles. The van der Waals surface area contributed by atoms with E-state index in [-0.39, 0.29) is 31.5 Å². The zero-order valence-corrected chi connectivity index (χ0v) is 14.7. The van der Waals surface area contributed by atoms with E-state index in [2.05, 4.69) is 25.6 Å². The van der Waals surface area contributed by atoms with Crippen molar-refractivity contribution < 1.29 is 8.42 Å². The Morgan fingerprint density at radius 1 is 1.14 bits per heavy atom. The molecule has 2 aromatic rings. The van der Waals surface area contributed by atoms with E-state index in [1.807, 2.05) is 0 Å². The number of nitrogens with zero attached hydrogens (tertiary/aromatic N) is 1. The molecule has 0 aliphatic rings. The van der Waals surface area contributed by atoms with Gasteiger partial charge in [0.25, 0.3) is 10.0 Å². The van der Waals surface area contributed by atoms with Crippen LogP contribution in [-0.2, 0) is 10.0 Å². The first-order valence-corrected chi connectivity index (χ1v) is 8.70. The van der Waals surface area contributed by atoms with Crippen molar-refractivity contribution in [2.45, 2.75) is 4.90 Å². The quantitative estimate of drug-likeness (QED) is 0.564. The van der Waals surface area contributed by atoms with Crippen LogP contribution in [0.4, 0.5) is 11.4 Å². The molecule has 0 radical (unpaired) electrons. The third-order valence-corrected chi connectivity index (χ3v) is 5.36. The second-order valence-electron chi connectivity index (χ2n) is 3.91. The van der Waals surface area contributed by atoms with E-state index >= 15 is 0 Å². The van der Waals surface area contributed by atoms with Crippen LogP contribution in [-0.4, -0.2) is 13.4 Å². The number of nitrogen functional groups attached to an aromatic ring is 1. The maximum absolute atomic E-state index is 12.4. The number of nitrogens with one attached hydrogen (secondary N) is 1. The Balaban J connectivity index is 2.51. The van der Waals surface area contributed by atoms with Crippen LogP contribution in [0, 0.1) is 0 Å². The molecule has 1 aromatic heterocycles. The summed E-state index contributed by atoms with van der Waals surface area (Å²) >= 11 is 20.9. The van der Waals surface area contributed by atoms with Gasteiger partial charge in [0.2, 0.25) is 0 Å². The highest BCUT2D eigenvalue weighted by Crippen LogP contribution is 2.34. The second kappa shape index (κ2) is 6.18. The minimum absolute atomic E-state index is 0.00975. The number of halogens is 4. The van der Waals surface area contributed by atoms with Crippen LogP contribution in [0.1, 0.15) is 0 Å². The molecule has 21 heavy (non-hydrogen) atoms. The Hall–Kier alpha value is -0.730. The molecule has 0 aliphatic carbocycles. The topological polar surface area (TPSA) is 85.1 Å². The summed E-state index contributed by atoms with van der Waals surface area (Å²) in [4.78, 5) is 3.54. The fraction of sp³-hybridized carbons (Fsp3) is 0. The van der Waals surface area contributed by atoms with Gasteiger partial charge in [-0.15, -0.1) is 0 Å². The molecule has 0 atom stereocenters. The van der Waals surface area contributed by atoms with E-state index < -0.39 is 10.0 Å². The summed E-state index contributed by atoms with van der Waals surface area (Å²) in [5.74, 6) is 0. The van der Waals surface area contributed by atoms with Gasteiger partial charge in [-0.05, 0) is 34.1 Å². The average molecular weight is 432 g/mol. The lowest BCUT2D eigenvalue weighted by Crippen LogP contribution is -2.15. The van der Waals surface area contributed by atoms with Crippen molar-refractivity contribution in [3.05, 3.63) is 44.1 Å². The summed E-state index contributed by atoms with van der Waals surface area (Å²) in [5.41, 5.74) is 5.89. The molecule has 10 heteroatoms. The summed E-state index contributed by atoms with van der Waals surface area (Å²) in [7, 11) is -4.05. The monoisotopic (exact) mass is 429 g/mol. The number of benzene rings is 1. The van der Waals surface area contributed by atoms with Crippen LogP contribution in [0.5, 0.6) is 0 Å². The van der Waals surface area contributed by atoms with Crippen molar-refractivity contribution in [2.24, 2.45) is 0 Å². The van der Waals surface area contributed by atoms with Crippen LogP contribution in [0.25, 0.3) is 0 Å². The van der Waals surface area contributed by atoms with E-state index in [0.29, 0.717) is 4.47 Å². The number of sulfonamides is 1. The van der Waals surface area contributed by atoms with Gasteiger partial charge in [-0.2, -0.15) is 0 Å². The lowest BCUT2D eigenvalue weighted by Gasteiger charge is -2.12. The predicted molar refractivity (Wildman–Crippen MR) is 88.6 cm³/mol. The summed E-state index contributed by atoms with van der Waals surface area (Å²) in [6, 6.07) is 4.05. The van der Waals surface area contributed by atoms with Gasteiger partial charge in [-0.3, -0.25) is 4.72 Å². The highest BCUT2D eigenvalue weighted by Gasteiger charge is 2.23. The van der Waals surface area contributed by atoms with E-state index in [9.17, 15) is 8.42 Å². The summed E-state index contributed by atoms with van der Waals surface area (Å²) < 4.78 is 27.6. The van der Waals surface area contributed by atoms with Crippen molar-refractivity contribution in [1.82, 2.24) is 4.98 Å². The summed E-state index contributed by atoms with van der Waals surface area (Å²) in [5, 5.41) is -0.192. The highest BCUT2D eigenvalue weighted by atomic mass is 79.9. The van der Waals surface area contributed by atoms with E-state index in [1.54, 1.807) is 0 Å². The second-order valence-corrected chi connectivity index (χ2v) is 7.62. The fourth-order valence-electron chi connectivity index (χ4n) is 1.53. The lowest BCUT2D eigenvalue weighted by atomic mass is 10.3. The molecule has 1 aromatic carbocycles. The fourth-order valence-corrected chi connectivity index (χ4v) is 4.36. The first kappa shape index (κ1) is 16.6. The molecule has 0 spiro atoms. The van der Waals surface area contributed by atoms with E-state index in [4.69, 9.17) is 40.5 Å². The van der Waals surface area contributed by atoms with Crippen LogP contribution in [0.2, 0.25) is 15.2 Å². The van der Waals surface area contributed by atoms with Gasteiger partial charge in [0.15, 0.2) is 5.15 Å². The van der Waals surface area contributed by atoms with Gasteiger partial charge in [0.1, 0.15) is 4.90 Å². The minimum Gasteiger partial charge on any atom is -0.399 e. The number of pyridine rings is 1. The zero-order valence-electron chi connectivity index (χ0n) is 10.1. The lowest BCUT2D eigenvalue weighted by molar-refractivity contribution is 0.601. The van der Waals surface area contributed by atoms with Gasteiger partial charge in [0.05, 0.1) is 15.7 Å². The normalized spacial score (nSPS) is 11.4. The molecular formula is C11H7BrCl3N3O2S. The Morgan fingerprint density at radius 2 is 1.71 bits per heavy atom. The van der Waals surface area contributed by atoms with Crippen molar-refractivity contribution in [1.29, 1.82) is 0 Å². The SMILES string of the molecule is Nc1cc(Cl)c(S(=O)(=O)Nc2cc(Br)cnc2Cl)c(Cl)c1. The Morgan fingerprint density at radius 3 is 2.29 bits per heavy atom. The van der Waals surface area contributed by atoms with Gasteiger partial charge >= 0.3 is 0 Å². The molecule has 1 heterocycles. The number of anilines is 2. The molecular weight excluding hydrogens is 424 g/mol. The Bertz CT molecular complexity index is 791. The molecule has 5 nitrogen and oxygen atoms in total. The third-order valence-electron chi connectivity index (χ3n) is 2.34. The number of nitrogens with two attached hydrogens (primary N) is 1. The molecule has 3 N–H and O–H groups in total. The molecule has 0 fully saturated rings. The minimum atomic E-state index is -4.05. The standard InChI is InChI=1S/C11H7BrCl3N3O2S/c12-5-1-9(11(15)17-4-5)18-21(19,20)10-7(13)2-6(16)3-8(10)14/h1-4,18H,16H2. The molecule has 0 bridgehead atoms. The molecule has 0 saturated heterocycles. The Labute approximate surface area is 144 Å². The van der Waals surface area contributed by atoms with Gasteiger partial charge in [-0.25, -0.2) is 13.4 Å². The van der Waals surface area contributed by atoms with Crippen molar-refractivity contribution in [2.75, 3.05) is 10.5 Å². The largest absolute Gasteiger partial charge is 0.399 e. The number of aromatic nitrogens is 1. The van der Waals surface area contributed by atoms with E-state index in [0.717, 1.165) is 0 Å². The van der Waals surface area contributed by atoms with Gasteiger partial charge in [-0.1, -0.05) is 34.8 Å². The number of rotatable bonds is 3. The van der Waals surface area contributed by atoms with Gasteiger partial charge in [0, 0.05) is 16.4 Å². The molecule has 0 unspecified atom stereocenters. The van der Waals surface area contributed by atoms with Crippen molar-refractivity contribution in [3.63, 3.8) is 0 Å². The zero-order chi connectivity index (χ0) is 15.8. The third kappa shape index (κ3) is 3.73. The van der Waals surface area contributed by atoms with Crippen LogP contribution in [0.15, 0.2) is 33.8 Å². The number of hydrogen-bond donors (Lipinski definition) is 2. The molecule has 0 saturated carbocycles. The molecule has 112 valence electrons. The van der Waals surface area contributed by atoms with Crippen molar-refractivity contribution in [3.8, 4) is 0 Å². The van der Waals surface area contributed by atoms with Crippen molar-refractivity contribution >= 4 is 72.1 Å². The van der Waals surface area contributed by atoms with Crippen LogP contribution >= 0.6 is 50.7 Å². The molecule has 0 amide bonds. The number of hydrogen-bond acceptors (Lipinski definition) is 4. The smallest absolute Gasteiger partial charge is 0.264 e. The maximum atomic E-state index is 12.4.